The Morgan fingerprint density at radius 1 is 1.38 bits per heavy atom. The van der Waals surface area contributed by atoms with Gasteiger partial charge in [0.25, 0.3) is 0 Å². The molecule has 1 aliphatic heterocycles. The second kappa shape index (κ2) is 3.58. The molecule has 0 unspecified atom stereocenters. The smallest absolute Gasteiger partial charge is 0.0693 e. The standard InChI is InChI=1S/C11H23NO/c1-8(2)12-7-10(13)9(3)6-11(12,4)5/h8-10,13H,6-7H2,1-5H3/t9-,10+/m1/s1. The fourth-order valence-corrected chi connectivity index (χ4v) is 2.58. The van der Waals surface area contributed by atoms with Crippen molar-refractivity contribution in [3.05, 3.63) is 0 Å². The van der Waals surface area contributed by atoms with Crippen LogP contribution in [0.15, 0.2) is 0 Å². The highest BCUT2D eigenvalue weighted by molar-refractivity contribution is 4.93. The zero-order valence-electron chi connectivity index (χ0n) is 9.54. The molecule has 0 aromatic heterocycles. The van der Waals surface area contributed by atoms with Gasteiger partial charge in [0.15, 0.2) is 0 Å². The normalized spacial score (nSPS) is 35.3. The summed E-state index contributed by atoms with van der Waals surface area (Å²) < 4.78 is 0. The molecule has 0 radical (unpaired) electrons. The molecule has 2 atom stereocenters. The van der Waals surface area contributed by atoms with Crippen LogP contribution in [0.3, 0.4) is 0 Å². The summed E-state index contributed by atoms with van der Waals surface area (Å²) in [5, 5.41) is 9.79. The van der Waals surface area contributed by atoms with Gasteiger partial charge in [0.1, 0.15) is 0 Å². The quantitative estimate of drug-likeness (QED) is 0.674. The molecule has 0 aliphatic carbocycles. The van der Waals surface area contributed by atoms with Gasteiger partial charge in [0.2, 0.25) is 0 Å². The Hall–Kier alpha value is -0.0800. The topological polar surface area (TPSA) is 23.5 Å². The van der Waals surface area contributed by atoms with Crippen LogP contribution in [0.2, 0.25) is 0 Å². The maximum atomic E-state index is 9.79. The molecular weight excluding hydrogens is 162 g/mol. The van der Waals surface area contributed by atoms with Gasteiger partial charge in [-0.25, -0.2) is 0 Å². The molecule has 1 saturated heterocycles. The number of piperidine rings is 1. The maximum absolute atomic E-state index is 9.79. The van der Waals surface area contributed by atoms with Crippen LogP contribution in [0.4, 0.5) is 0 Å². The van der Waals surface area contributed by atoms with Crippen molar-refractivity contribution < 1.29 is 5.11 Å². The molecular formula is C11H23NO. The predicted molar refractivity (Wildman–Crippen MR) is 55.7 cm³/mol. The van der Waals surface area contributed by atoms with Gasteiger partial charge in [-0.2, -0.15) is 0 Å². The number of aliphatic hydroxyl groups excluding tert-OH is 1. The molecule has 13 heavy (non-hydrogen) atoms. The van der Waals surface area contributed by atoms with Crippen molar-refractivity contribution in [1.29, 1.82) is 0 Å². The molecule has 0 saturated carbocycles. The lowest BCUT2D eigenvalue weighted by atomic mass is 9.81. The van der Waals surface area contributed by atoms with Gasteiger partial charge in [0.05, 0.1) is 6.10 Å². The Morgan fingerprint density at radius 2 is 1.92 bits per heavy atom. The van der Waals surface area contributed by atoms with Crippen molar-refractivity contribution in [2.75, 3.05) is 6.54 Å². The van der Waals surface area contributed by atoms with Crippen LogP contribution in [-0.2, 0) is 0 Å². The SMILES string of the molecule is CC(C)N1C[C@H](O)[C@H](C)CC1(C)C. The van der Waals surface area contributed by atoms with Gasteiger partial charge in [-0.1, -0.05) is 6.92 Å². The van der Waals surface area contributed by atoms with E-state index in [1.165, 1.54) is 0 Å². The van der Waals surface area contributed by atoms with Crippen LogP contribution in [0.1, 0.15) is 41.0 Å². The van der Waals surface area contributed by atoms with Crippen molar-refractivity contribution >= 4 is 0 Å². The third-order valence-corrected chi connectivity index (χ3v) is 3.26. The van der Waals surface area contributed by atoms with E-state index in [-0.39, 0.29) is 11.6 Å². The molecule has 1 N–H and O–H groups in total. The summed E-state index contributed by atoms with van der Waals surface area (Å²) in [5.74, 6) is 0.435. The van der Waals surface area contributed by atoms with E-state index in [0.29, 0.717) is 12.0 Å². The summed E-state index contributed by atoms with van der Waals surface area (Å²) >= 11 is 0. The zero-order valence-corrected chi connectivity index (χ0v) is 9.54. The number of rotatable bonds is 1. The first kappa shape index (κ1) is 11.0. The minimum absolute atomic E-state index is 0.143. The van der Waals surface area contributed by atoms with Gasteiger partial charge in [-0.05, 0) is 40.0 Å². The first-order chi connectivity index (χ1) is 5.84. The van der Waals surface area contributed by atoms with E-state index in [1.807, 2.05) is 0 Å². The lowest BCUT2D eigenvalue weighted by Gasteiger charge is -2.49. The molecule has 0 aromatic rings. The molecule has 1 aliphatic rings. The van der Waals surface area contributed by atoms with Gasteiger partial charge < -0.3 is 5.11 Å². The maximum Gasteiger partial charge on any atom is 0.0693 e. The van der Waals surface area contributed by atoms with E-state index in [9.17, 15) is 5.11 Å². The third-order valence-electron chi connectivity index (χ3n) is 3.26. The van der Waals surface area contributed by atoms with Crippen LogP contribution >= 0.6 is 0 Å². The number of β-amino-alcohol motifs (C(OH)–C–C–N with tert-alkyl or cyclic N) is 1. The minimum Gasteiger partial charge on any atom is -0.392 e. The van der Waals surface area contributed by atoms with Crippen LogP contribution < -0.4 is 0 Å². The monoisotopic (exact) mass is 185 g/mol. The van der Waals surface area contributed by atoms with E-state index in [4.69, 9.17) is 0 Å². The highest BCUT2D eigenvalue weighted by Crippen LogP contribution is 2.32. The summed E-state index contributed by atoms with van der Waals surface area (Å²) in [6.45, 7) is 11.9. The average Bonchev–Trinajstić information content (AvgIpc) is 1.95. The lowest BCUT2D eigenvalue weighted by Crippen LogP contribution is -2.57. The molecule has 1 heterocycles. The lowest BCUT2D eigenvalue weighted by molar-refractivity contribution is -0.0537. The number of hydrogen-bond acceptors (Lipinski definition) is 2. The fourth-order valence-electron chi connectivity index (χ4n) is 2.58. The molecule has 0 aromatic carbocycles. The molecule has 0 bridgehead atoms. The van der Waals surface area contributed by atoms with E-state index in [0.717, 1.165) is 13.0 Å². The predicted octanol–water partition coefficient (Wildman–Crippen LogP) is 1.88. The number of nitrogens with zero attached hydrogens (tertiary/aromatic N) is 1. The highest BCUT2D eigenvalue weighted by Gasteiger charge is 2.38. The van der Waals surface area contributed by atoms with E-state index in [2.05, 4.69) is 39.5 Å². The van der Waals surface area contributed by atoms with Crippen LogP contribution in [0.5, 0.6) is 0 Å². The molecule has 1 rings (SSSR count). The molecule has 0 amide bonds. The average molecular weight is 185 g/mol. The van der Waals surface area contributed by atoms with Crippen LogP contribution in [-0.4, -0.2) is 34.2 Å². The van der Waals surface area contributed by atoms with Crippen LogP contribution in [0.25, 0.3) is 0 Å². The highest BCUT2D eigenvalue weighted by atomic mass is 16.3. The third kappa shape index (κ3) is 2.23. The van der Waals surface area contributed by atoms with Gasteiger partial charge >= 0.3 is 0 Å². The summed E-state index contributed by atoms with van der Waals surface area (Å²) in [6, 6.07) is 0.525. The second-order valence-electron chi connectivity index (χ2n) is 5.31. The first-order valence-corrected chi connectivity index (χ1v) is 5.29. The second-order valence-corrected chi connectivity index (χ2v) is 5.31. The van der Waals surface area contributed by atoms with Gasteiger partial charge in [-0.3, -0.25) is 4.90 Å². The van der Waals surface area contributed by atoms with Crippen molar-refractivity contribution in [3.63, 3.8) is 0 Å². The number of aliphatic hydroxyl groups is 1. The Labute approximate surface area is 81.9 Å². The Morgan fingerprint density at radius 3 is 2.38 bits per heavy atom. The molecule has 0 spiro atoms. The van der Waals surface area contributed by atoms with E-state index >= 15 is 0 Å². The van der Waals surface area contributed by atoms with Gasteiger partial charge in [-0.15, -0.1) is 0 Å². The van der Waals surface area contributed by atoms with Crippen molar-refractivity contribution in [2.45, 2.75) is 58.7 Å². The Bertz CT molecular complexity index is 177. The van der Waals surface area contributed by atoms with Crippen LogP contribution in [0, 0.1) is 5.92 Å². The van der Waals surface area contributed by atoms with E-state index in [1.54, 1.807) is 0 Å². The number of hydrogen-bond donors (Lipinski definition) is 1. The zero-order chi connectivity index (χ0) is 10.2. The summed E-state index contributed by atoms with van der Waals surface area (Å²) in [6.07, 6.45) is 0.947. The largest absolute Gasteiger partial charge is 0.392 e. The molecule has 78 valence electrons. The summed E-state index contributed by atoms with van der Waals surface area (Å²) in [5.41, 5.74) is 0.243. The summed E-state index contributed by atoms with van der Waals surface area (Å²) in [4.78, 5) is 2.40. The first-order valence-electron chi connectivity index (χ1n) is 5.29. The molecule has 2 heteroatoms. The summed E-state index contributed by atoms with van der Waals surface area (Å²) in [7, 11) is 0. The van der Waals surface area contributed by atoms with Crippen molar-refractivity contribution in [3.8, 4) is 0 Å². The Balaban J connectivity index is 2.73. The van der Waals surface area contributed by atoms with Crippen molar-refractivity contribution in [1.82, 2.24) is 4.90 Å². The minimum atomic E-state index is -0.143. The van der Waals surface area contributed by atoms with E-state index < -0.39 is 0 Å². The van der Waals surface area contributed by atoms with Crippen molar-refractivity contribution in [2.24, 2.45) is 5.92 Å². The molecule has 1 fully saturated rings. The fraction of sp³-hybridized carbons (Fsp3) is 1.00. The van der Waals surface area contributed by atoms with Gasteiger partial charge in [0, 0.05) is 18.1 Å². The Kier molecular flexibility index (Phi) is 3.03. The number of likely N-dealkylation sites (tertiary alicyclic amines) is 1. The molecule has 2 nitrogen and oxygen atoms in total.